The molecule has 1 heterocycles. The molecule has 6 heteroatoms. The summed E-state index contributed by atoms with van der Waals surface area (Å²) >= 11 is -2.17. The van der Waals surface area contributed by atoms with Crippen LogP contribution in [0, 0.1) is 0 Å². The molecule has 0 amide bonds. The quantitative estimate of drug-likeness (QED) is 0.612. The molecule has 2 rings (SSSR count). The van der Waals surface area contributed by atoms with Crippen molar-refractivity contribution in [2.45, 2.75) is 31.7 Å². The van der Waals surface area contributed by atoms with E-state index in [0.717, 1.165) is 44.5 Å². The van der Waals surface area contributed by atoms with Crippen molar-refractivity contribution in [3.63, 3.8) is 0 Å². The summed E-state index contributed by atoms with van der Waals surface area (Å²) < 4.78 is 23.7. The van der Waals surface area contributed by atoms with E-state index in [4.69, 9.17) is 0 Å². The number of nitrogens with zero attached hydrogens (tertiary/aromatic N) is 1. The number of carbonyl (C=O) groups excluding carboxylic acids is 1. The molecule has 1 N–H and O–H groups in total. The second-order valence-corrected chi connectivity index (χ2v) is 6.07. The van der Waals surface area contributed by atoms with E-state index >= 15 is 0 Å². The molecule has 0 saturated carbocycles. The highest BCUT2D eigenvalue weighted by Crippen LogP contribution is 2.12. The maximum Gasteiger partial charge on any atom is 0.162 e. The molecule has 0 bridgehead atoms. The average Bonchev–Trinajstić information content (AvgIpc) is 2.49. The standard InChI is InChI=1S/C15H22N2O3S/c18-15(13-5-2-1-3-6-13)7-4-10-17-11-8-14(9-12-17)16-21(19)20/h1-3,5-6,14,16H,4,7-12H2,(H,19,20)/p-1. The summed E-state index contributed by atoms with van der Waals surface area (Å²) in [4.78, 5) is 14.3. The number of ketones is 1. The molecule has 116 valence electrons. The highest BCUT2D eigenvalue weighted by molar-refractivity contribution is 7.77. The van der Waals surface area contributed by atoms with E-state index in [9.17, 15) is 13.6 Å². The predicted octanol–water partition coefficient (Wildman–Crippen LogP) is 1.50. The van der Waals surface area contributed by atoms with Gasteiger partial charge in [-0.15, -0.1) is 0 Å². The van der Waals surface area contributed by atoms with Gasteiger partial charge in [0, 0.05) is 29.3 Å². The molecule has 1 aliphatic heterocycles. The van der Waals surface area contributed by atoms with Crippen LogP contribution in [-0.4, -0.2) is 45.1 Å². The van der Waals surface area contributed by atoms with E-state index in [1.54, 1.807) is 0 Å². The molecule has 1 saturated heterocycles. The monoisotopic (exact) mass is 309 g/mol. The molecule has 1 aliphatic rings. The lowest BCUT2D eigenvalue weighted by molar-refractivity contribution is 0.0972. The summed E-state index contributed by atoms with van der Waals surface area (Å²) in [6.45, 7) is 2.66. The van der Waals surface area contributed by atoms with Crippen LogP contribution >= 0.6 is 0 Å². The van der Waals surface area contributed by atoms with Crippen molar-refractivity contribution in [2.24, 2.45) is 0 Å². The van der Waals surface area contributed by atoms with Gasteiger partial charge in [0.15, 0.2) is 5.78 Å². The molecule has 1 unspecified atom stereocenters. The van der Waals surface area contributed by atoms with Crippen molar-refractivity contribution in [3.8, 4) is 0 Å². The van der Waals surface area contributed by atoms with Gasteiger partial charge in [-0.05, 0) is 38.9 Å². The van der Waals surface area contributed by atoms with E-state index < -0.39 is 11.3 Å². The zero-order valence-corrected chi connectivity index (χ0v) is 12.8. The molecule has 1 aromatic rings. The first-order valence-corrected chi connectivity index (χ1v) is 8.38. The number of rotatable bonds is 7. The zero-order valence-electron chi connectivity index (χ0n) is 12.0. The van der Waals surface area contributed by atoms with E-state index in [1.165, 1.54) is 0 Å². The van der Waals surface area contributed by atoms with Gasteiger partial charge in [-0.2, -0.15) is 0 Å². The Morgan fingerprint density at radius 1 is 1.29 bits per heavy atom. The SMILES string of the molecule is O=C(CCCN1CCC(NS(=O)[O-])CC1)c1ccccc1. The van der Waals surface area contributed by atoms with Crippen LogP contribution in [0.25, 0.3) is 0 Å². The van der Waals surface area contributed by atoms with Crippen molar-refractivity contribution in [2.75, 3.05) is 19.6 Å². The Bertz CT molecular complexity index is 473. The van der Waals surface area contributed by atoms with Gasteiger partial charge in [0.05, 0.1) is 0 Å². The Hall–Kier alpha value is -1.08. The number of nitrogens with one attached hydrogen (secondary N) is 1. The Balaban J connectivity index is 1.64. The second-order valence-electron chi connectivity index (χ2n) is 5.36. The summed E-state index contributed by atoms with van der Waals surface area (Å²) in [5, 5.41) is 0. The van der Waals surface area contributed by atoms with Crippen molar-refractivity contribution in [3.05, 3.63) is 35.9 Å². The van der Waals surface area contributed by atoms with Crippen LogP contribution in [-0.2, 0) is 11.3 Å². The summed E-state index contributed by atoms with van der Waals surface area (Å²) in [5.74, 6) is 0.189. The van der Waals surface area contributed by atoms with E-state index in [0.29, 0.717) is 6.42 Å². The molecular formula is C15H21N2O3S-. The maximum absolute atomic E-state index is 12.0. The number of hydrogen-bond acceptors (Lipinski definition) is 4. The zero-order chi connectivity index (χ0) is 15.1. The van der Waals surface area contributed by atoms with E-state index in [-0.39, 0.29) is 11.8 Å². The third kappa shape index (κ3) is 5.67. The fraction of sp³-hybridized carbons (Fsp3) is 0.533. The molecular weight excluding hydrogens is 288 g/mol. The first-order chi connectivity index (χ1) is 10.1. The van der Waals surface area contributed by atoms with Gasteiger partial charge in [-0.3, -0.25) is 9.00 Å². The van der Waals surface area contributed by atoms with Crippen LogP contribution in [0.2, 0.25) is 0 Å². The molecule has 0 radical (unpaired) electrons. The molecule has 0 aromatic heterocycles. The topological polar surface area (TPSA) is 72.5 Å². The minimum atomic E-state index is -2.17. The summed E-state index contributed by atoms with van der Waals surface area (Å²) in [7, 11) is 0. The first-order valence-electron chi connectivity index (χ1n) is 7.31. The summed E-state index contributed by atoms with van der Waals surface area (Å²) in [5.41, 5.74) is 0.776. The molecule has 0 spiro atoms. The number of carbonyl (C=O) groups is 1. The highest BCUT2D eigenvalue weighted by atomic mass is 32.2. The van der Waals surface area contributed by atoms with Gasteiger partial charge in [0.1, 0.15) is 0 Å². The Morgan fingerprint density at radius 3 is 2.57 bits per heavy atom. The van der Waals surface area contributed by atoms with Crippen molar-refractivity contribution >= 4 is 17.0 Å². The molecule has 1 fully saturated rings. The molecule has 1 atom stereocenters. The Morgan fingerprint density at radius 2 is 1.95 bits per heavy atom. The molecule has 21 heavy (non-hydrogen) atoms. The summed E-state index contributed by atoms with van der Waals surface area (Å²) in [6.07, 6.45) is 3.08. The average molecular weight is 309 g/mol. The molecule has 5 nitrogen and oxygen atoms in total. The molecule has 0 aliphatic carbocycles. The minimum absolute atomic E-state index is 0.0607. The number of likely N-dealkylation sites (tertiary alicyclic amines) is 1. The first kappa shape index (κ1) is 16.3. The van der Waals surface area contributed by atoms with Gasteiger partial charge < -0.3 is 9.45 Å². The Kier molecular flexibility index (Phi) is 6.50. The Labute approximate surface area is 128 Å². The number of Topliss-reactive ketones (excluding diaryl/α,β-unsaturated/α-hetero) is 1. The fourth-order valence-electron chi connectivity index (χ4n) is 2.64. The van der Waals surface area contributed by atoms with Crippen LogP contribution in [0.5, 0.6) is 0 Å². The van der Waals surface area contributed by atoms with E-state index in [2.05, 4.69) is 9.62 Å². The lowest BCUT2D eigenvalue weighted by atomic mass is 10.0. The lowest BCUT2D eigenvalue weighted by Crippen LogP contribution is -2.43. The van der Waals surface area contributed by atoms with E-state index in [1.807, 2.05) is 30.3 Å². The van der Waals surface area contributed by atoms with Crippen molar-refractivity contribution < 1.29 is 13.6 Å². The normalized spacial score (nSPS) is 18.5. The third-order valence-electron chi connectivity index (χ3n) is 3.82. The molecule has 1 aromatic carbocycles. The van der Waals surface area contributed by atoms with Crippen LogP contribution in [0.15, 0.2) is 30.3 Å². The van der Waals surface area contributed by atoms with Crippen molar-refractivity contribution in [1.82, 2.24) is 9.62 Å². The van der Waals surface area contributed by atoms with Crippen LogP contribution < -0.4 is 4.72 Å². The fourth-order valence-corrected chi connectivity index (χ4v) is 3.15. The van der Waals surface area contributed by atoms with Gasteiger partial charge in [0.2, 0.25) is 0 Å². The van der Waals surface area contributed by atoms with Crippen molar-refractivity contribution in [1.29, 1.82) is 0 Å². The van der Waals surface area contributed by atoms with Crippen LogP contribution in [0.1, 0.15) is 36.0 Å². The predicted molar refractivity (Wildman–Crippen MR) is 81.5 cm³/mol. The summed E-state index contributed by atoms with van der Waals surface area (Å²) in [6, 6.07) is 9.43. The second kappa shape index (κ2) is 8.38. The van der Waals surface area contributed by atoms with Crippen LogP contribution in [0.3, 0.4) is 0 Å². The van der Waals surface area contributed by atoms with Gasteiger partial charge >= 0.3 is 0 Å². The third-order valence-corrected chi connectivity index (χ3v) is 4.35. The van der Waals surface area contributed by atoms with Gasteiger partial charge in [0.25, 0.3) is 0 Å². The number of piperidine rings is 1. The van der Waals surface area contributed by atoms with Gasteiger partial charge in [-0.1, -0.05) is 30.3 Å². The largest absolute Gasteiger partial charge is 0.760 e. The number of benzene rings is 1. The van der Waals surface area contributed by atoms with Crippen LogP contribution in [0.4, 0.5) is 0 Å². The number of hydrogen-bond donors (Lipinski definition) is 1. The minimum Gasteiger partial charge on any atom is -0.760 e. The smallest absolute Gasteiger partial charge is 0.162 e. The highest BCUT2D eigenvalue weighted by Gasteiger charge is 2.18. The van der Waals surface area contributed by atoms with Gasteiger partial charge in [-0.25, -0.2) is 4.72 Å². The lowest BCUT2D eigenvalue weighted by Gasteiger charge is -2.32. The maximum atomic E-state index is 12.0.